The van der Waals surface area contributed by atoms with Crippen molar-refractivity contribution in [1.82, 2.24) is 4.90 Å². The molecule has 0 radical (unpaired) electrons. The number of piperidine rings is 1. The number of ether oxygens (including phenoxy) is 2. The maximum Gasteiger partial charge on any atom is 0.308 e. The van der Waals surface area contributed by atoms with Crippen molar-refractivity contribution < 1.29 is 24.2 Å². The molecule has 23 heavy (non-hydrogen) atoms. The van der Waals surface area contributed by atoms with Gasteiger partial charge < -0.3 is 19.5 Å². The van der Waals surface area contributed by atoms with Gasteiger partial charge in [-0.15, -0.1) is 0 Å². The summed E-state index contributed by atoms with van der Waals surface area (Å²) in [6.07, 6.45) is 0.739. The molecule has 1 amide bonds. The van der Waals surface area contributed by atoms with Crippen molar-refractivity contribution in [3.63, 3.8) is 0 Å². The topological polar surface area (TPSA) is 76.1 Å². The van der Waals surface area contributed by atoms with E-state index in [2.05, 4.69) is 0 Å². The van der Waals surface area contributed by atoms with Crippen molar-refractivity contribution in [2.24, 2.45) is 11.8 Å². The molecule has 6 nitrogen and oxygen atoms in total. The third-order valence-corrected chi connectivity index (χ3v) is 4.22. The Balaban J connectivity index is 2.17. The first-order chi connectivity index (χ1) is 11.0. The Morgan fingerprint density at radius 2 is 1.83 bits per heavy atom. The van der Waals surface area contributed by atoms with E-state index in [1.165, 1.54) is 0 Å². The van der Waals surface area contributed by atoms with Crippen LogP contribution in [0.25, 0.3) is 0 Å². The van der Waals surface area contributed by atoms with Crippen LogP contribution in [0.2, 0.25) is 0 Å². The highest BCUT2D eigenvalue weighted by Gasteiger charge is 2.32. The van der Waals surface area contributed by atoms with E-state index in [0.717, 1.165) is 0 Å². The third-order valence-electron chi connectivity index (χ3n) is 4.22. The predicted molar refractivity (Wildman–Crippen MR) is 84.7 cm³/mol. The van der Waals surface area contributed by atoms with Gasteiger partial charge in [-0.25, -0.2) is 0 Å². The van der Waals surface area contributed by atoms with Crippen LogP contribution in [0.1, 0.15) is 18.9 Å². The minimum atomic E-state index is -0.843. The summed E-state index contributed by atoms with van der Waals surface area (Å²) in [6.45, 7) is 2.81. The summed E-state index contributed by atoms with van der Waals surface area (Å²) in [7, 11) is 3.10. The number of carboxylic acid groups (broad SMARTS) is 1. The Kier molecular flexibility index (Phi) is 5.47. The average Bonchev–Trinajstić information content (AvgIpc) is 2.54. The number of carbonyl (C=O) groups is 2. The first-order valence-corrected chi connectivity index (χ1v) is 7.66. The van der Waals surface area contributed by atoms with E-state index < -0.39 is 11.9 Å². The SMILES string of the molecule is COc1cccc(OC)c1CC(=O)N1CC(C)CC(C(=O)O)C1. The number of nitrogens with zero attached hydrogens (tertiary/aromatic N) is 1. The standard InChI is InChI=1S/C17H23NO5/c1-11-7-12(17(20)21)10-18(9-11)16(19)8-13-14(22-2)5-4-6-15(13)23-3/h4-6,11-12H,7-10H2,1-3H3,(H,20,21). The summed E-state index contributed by atoms with van der Waals surface area (Å²) in [5, 5.41) is 9.23. The molecule has 2 atom stereocenters. The molecular weight excluding hydrogens is 298 g/mol. The Hall–Kier alpha value is -2.24. The highest BCUT2D eigenvalue weighted by Crippen LogP contribution is 2.30. The van der Waals surface area contributed by atoms with E-state index in [1.54, 1.807) is 37.3 Å². The number of likely N-dealkylation sites (tertiary alicyclic amines) is 1. The molecule has 1 N–H and O–H groups in total. The van der Waals surface area contributed by atoms with E-state index >= 15 is 0 Å². The highest BCUT2D eigenvalue weighted by molar-refractivity contribution is 5.81. The lowest BCUT2D eigenvalue weighted by Gasteiger charge is -2.35. The van der Waals surface area contributed by atoms with Gasteiger partial charge in [0.05, 0.1) is 26.6 Å². The average molecular weight is 321 g/mol. The number of hydrogen-bond acceptors (Lipinski definition) is 4. The van der Waals surface area contributed by atoms with Gasteiger partial charge >= 0.3 is 5.97 Å². The van der Waals surface area contributed by atoms with E-state index in [0.29, 0.717) is 30.0 Å². The molecule has 1 fully saturated rings. The van der Waals surface area contributed by atoms with Crippen molar-refractivity contribution in [3.05, 3.63) is 23.8 Å². The molecular formula is C17H23NO5. The molecule has 0 aromatic heterocycles. The summed E-state index contributed by atoms with van der Waals surface area (Å²) in [5.41, 5.74) is 0.688. The maximum atomic E-state index is 12.6. The minimum absolute atomic E-state index is 0.106. The van der Waals surface area contributed by atoms with E-state index in [4.69, 9.17) is 9.47 Å². The lowest BCUT2D eigenvalue weighted by molar-refractivity contribution is -0.146. The molecule has 1 aliphatic rings. The fourth-order valence-electron chi connectivity index (χ4n) is 3.10. The quantitative estimate of drug-likeness (QED) is 0.895. The second-order valence-corrected chi connectivity index (χ2v) is 5.99. The molecule has 1 aliphatic heterocycles. The Bertz CT molecular complexity index is 564. The molecule has 1 heterocycles. The molecule has 0 saturated carbocycles. The van der Waals surface area contributed by atoms with Gasteiger partial charge in [0.15, 0.2) is 0 Å². The zero-order chi connectivity index (χ0) is 17.0. The van der Waals surface area contributed by atoms with E-state index in [9.17, 15) is 14.7 Å². The second kappa shape index (κ2) is 7.35. The van der Waals surface area contributed by atoms with Crippen molar-refractivity contribution in [1.29, 1.82) is 0 Å². The molecule has 2 rings (SSSR count). The van der Waals surface area contributed by atoms with E-state index in [1.807, 2.05) is 6.92 Å². The zero-order valence-corrected chi connectivity index (χ0v) is 13.7. The van der Waals surface area contributed by atoms with Gasteiger partial charge in [-0.3, -0.25) is 9.59 Å². The first kappa shape index (κ1) is 17.1. The molecule has 1 aromatic carbocycles. The van der Waals surface area contributed by atoms with E-state index in [-0.39, 0.29) is 24.8 Å². The maximum absolute atomic E-state index is 12.6. The number of amides is 1. The third kappa shape index (κ3) is 3.94. The summed E-state index contributed by atoms with van der Waals surface area (Å²) in [5.74, 6) is -0.0828. The molecule has 126 valence electrons. The zero-order valence-electron chi connectivity index (χ0n) is 13.7. The number of rotatable bonds is 5. The van der Waals surface area contributed by atoms with Crippen LogP contribution in [0.3, 0.4) is 0 Å². The molecule has 6 heteroatoms. The molecule has 1 aromatic rings. The largest absolute Gasteiger partial charge is 0.496 e. The van der Waals surface area contributed by atoms with Crippen LogP contribution >= 0.6 is 0 Å². The number of methoxy groups -OCH3 is 2. The molecule has 0 bridgehead atoms. The summed E-state index contributed by atoms with van der Waals surface area (Å²) in [6, 6.07) is 5.36. The minimum Gasteiger partial charge on any atom is -0.496 e. The first-order valence-electron chi connectivity index (χ1n) is 7.66. The highest BCUT2D eigenvalue weighted by atomic mass is 16.5. The van der Waals surface area contributed by atoms with Gasteiger partial charge in [-0.2, -0.15) is 0 Å². The van der Waals surface area contributed by atoms with Crippen LogP contribution in [0, 0.1) is 11.8 Å². The van der Waals surface area contributed by atoms with Crippen LogP contribution in [-0.2, 0) is 16.0 Å². The summed E-state index contributed by atoms with van der Waals surface area (Å²) < 4.78 is 10.6. The molecule has 1 saturated heterocycles. The van der Waals surface area contributed by atoms with Crippen LogP contribution in [0.4, 0.5) is 0 Å². The van der Waals surface area contributed by atoms with Gasteiger partial charge in [0.2, 0.25) is 5.91 Å². The number of benzene rings is 1. The second-order valence-electron chi connectivity index (χ2n) is 5.99. The number of carboxylic acids is 1. The lowest BCUT2D eigenvalue weighted by Crippen LogP contribution is -2.46. The molecule has 2 unspecified atom stereocenters. The smallest absolute Gasteiger partial charge is 0.308 e. The summed E-state index contributed by atoms with van der Waals surface area (Å²) >= 11 is 0. The van der Waals surface area contributed by atoms with Crippen molar-refractivity contribution >= 4 is 11.9 Å². The van der Waals surface area contributed by atoms with Crippen molar-refractivity contribution in [2.45, 2.75) is 19.8 Å². The van der Waals surface area contributed by atoms with Crippen molar-refractivity contribution in [2.75, 3.05) is 27.3 Å². The molecule has 0 spiro atoms. The number of carbonyl (C=O) groups excluding carboxylic acids is 1. The van der Waals surface area contributed by atoms with Gasteiger partial charge in [0, 0.05) is 18.7 Å². The van der Waals surface area contributed by atoms with Crippen LogP contribution in [0.15, 0.2) is 18.2 Å². The summed E-state index contributed by atoms with van der Waals surface area (Å²) in [4.78, 5) is 25.5. The van der Waals surface area contributed by atoms with Crippen LogP contribution in [0.5, 0.6) is 11.5 Å². The molecule has 0 aliphatic carbocycles. The Morgan fingerprint density at radius 1 is 1.22 bits per heavy atom. The fourth-order valence-corrected chi connectivity index (χ4v) is 3.10. The number of aliphatic carboxylic acids is 1. The van der Waals surface area contributed by atoms with Crippen LogP contribution in [-0.4, -0.2) is 49.2 Å². The predicted octanol–water partition coefficient (Wildman–Crippen LogP) is 1.82. The van der Waals surface area contributed by atoms with Crippen LogP contribution < -0.4 is 9.47 Å². The van der Waals surface area contributed by atoms with Crippen molar-refractivity contribution in [3.8, 4) is 11.5 Å². The Morgan fingerprint density at radius 3 is 2.35 bits per heavy atom. The van der Waals surface area contributed by atoms with Gasteiger partial charge in [0.25, 0.3) is 0 Å². The Labute approximate surface area is 136 Å². The van der Waals surface area contributed by atoms with Gasteiger partial charge in [0.1, 0.15) is 11.5 Å². The van der Waals surface area contributed by atoms with Gasteiger partial charge in [-0.1, -0.05) is 13.0 Å². The fraction of sp³-hybridized carbons (Fsp3) is 0.529. The van der Waals surface area contributed by atoms with Gasteiger partial charge in [-0.05, 0) is 24.5 Å². The normalized spacial score (nSPS) is 20.9. The lowest BCUT2D eigenvalue weighted by atomic mass is 9.90. The number of hydrogen-bond donors (Lipinski definition) is 1. The monoisotopic (exact) mass is 321 g/mol.